The number of amides is 1. The maximum Gasteiger partial charge on any atom is 0.229 e. The number of nitrogens with zero attached hydrogens (tertiary/aromatic N) is 2. The summed E-state index contributed by atoms with van der Waals surface area (Å²) >= 11 is 0. The molecule has 100 valence electrons. The number of aromatic nitrogens is 2. The van der Waals surface area contributed by atoms with Crippen molar-refractivity contribution in [3.8, 4) is 11.5 Å². The molecule has 2 N–H and O–H groups in total. The second-order valence-electron chi connectivity index (χ2n) is 4.13. The summed E-state index contributed by atoms with van der Waals surface area (Å²) in [6, 6.07) is 4.70. The lowest BCUT2D eigenvalue weighted by Gasteiger charge is -2.08. The standard InChI is InChI=1S/C13H15N3O3/c1-16-8-9(7-14-16)5-13(18)15-11-4-3-10(19-2)6-12(11)17/h3-4,6-8,17H,5H2,1-2H3,(H,15,18). The summed E-state index contributed by atoms with van der Waals surface area (Å²) in [6.45, 7) is 0. The quantitative estimate of drug-likeness (QED) is 0.814. The van der Waals surface area contributed by atoms with E-state index < -0.39 is 0 Å². The molecule has 0 atom stereocenters. The molecule has 0 saturated carbocycles. The average molecular weight is 261 g/mol. The van der Waals surface area contributed by atoms with Gasteiger partial charge in [0.15, 0.2) is 0 Å². The van der Waals surface area contributed by atoms with E-state index in [4.69, 9.17) is 4.74 Å². The number of aromatic hydroxyl groups is 1. The minimum Gasteiger partial charge on any atom is -0.506 e. The van der Waals surface area contributed by atoms with E-state index in [2.05, 4.69) is 10.4 Å². The number of carbonyl (C=O) groups is 1. The van der Waals surface area contributed by atoms with Gasteiger partial charge in [-0.05, 0) is 17.7 Å². The second kappa shape index (κ2) is 5.43. The number of hydrogen-bond acceptors (Lipinski definition) is 4. The summed E-state index contributed by atoms with van der Waals surface area (Å²) in [5.74, 6) is 0.287. The minimum absolute atomic E-state index is 0.0288. The van der Waals surface area contributed by atoms with Crippen LogP contribution in [0, 0.1) is 0 Å². The molecule has 0 aliphatic rings. The third-order valence-electron chi connectivity index (χ3n) is 2.60. The first kappa shape index (κ1) is 12.9. The molecule has 0 unspecified atom stereocenters. The van der Waals surface area contributed by atoms with Crippen LogP contribution < -0.4 is 10.1 Å². The highest BCUT2D eigenvalue weighted by Gasteiger charge is 2.09. The molecule has 19 heavy (non-hydrogen) atoms. The molecule has 1 amide bonds. The van der Waals surface area contributed by atoms with Crippen LogP contribution in [0.3, 0.4) is 0 Å². The number of nitrogens with one attached hydrogen (secondary N) is 1. The SMILES string of the molecule is COc1ccc(NC(=O)Cc2cnn(C)c2)c(O)c1. The van der Waals surface area contributed by atoms with Crippen molar-refractivity contribution in [1.29, 1.82) is 0 Å². The van der Waals surface area contributed by atoms with Crippen LogP contribution in [0.25, 0.3) is 0 Å². The third-order valence-corrected chi connectivity index (χ3v) is 2.60. The van der Waals surface area contributed by atoms with E-state index in [1.165, 1.54) is 13.2 Å². The van der Waals surface area contributed by atoms with Gasteiger partial charge in [-0.15, -0.1) is 0 Å². The average Bonchev–Trinajstić information content (AvgIpc) is 2.77. The number of hydrogen-bond donors (Lipinski definition) is 2. The topological polar surface area (TPSA) is 76.4 Å². The van der Waals surface area contributed by atoms with Gasteiger partial charge in [-0.1, -0.05) is 0 Å². The Morgan fingerprint density at radius 2 is 2.32 bits per heavy atom. The Hall–Kier alpha value is -2.50. The van der Waals surface area contributed by atoms with Crippen molar-refractivity contribution < 1.29 is 14.6 Å². The number of phenols is 1. The van der Waals surface area contributed by atoms with Gasteiger partial charge in [-0.2, -0.15) is 5.10 Å². The molecular formula is C13H15N3O3. The van der Waals surface area contributed by atoms with Gasteiger partial charge in [-0.25, -0.2) is 0 Å². The van der Waals surface area contributed by atoms with E-state index in [9.17, 15) is 9.90 Å². The molecule has 1 heterocycles. The van der Waals surface area contributed by atoms with E-state index in [0.29, 0.717) is 11.4 Å². The number of anilines is 1. The summed E-state index contributed by atoms with van der Waals surface area (Å²) in [7, 11) is 3.30. The molecule has 0 aliphatic carbocycles. The number of methoxy groups -OCH3 is 1. The van der Waals surface area contributed by atoms with Gasteiger partial charge in [-0.3, -0.25) is 9.48 Å². The normalized spacial score (nSPS) is 10.2. The zero-order chi connectivity index (χ0) is 13.8. The van der Waals surface area contributed by atoms with Crippen LogP contribution in [0.15, 0.2) is 30.6 Å². The summed E-state index contributed by atoms with van der Waals surface area (Å²) < 4.78 is 6.60. The zero-order valence-corrected chi connectivity index (χ0v) is 10.8. The Bertz CT molecular complexity index is 593. The van der Waals surface area contributed by atoms with Crippen LogP contribution >= 0.6 is 0 Å². The highest BCUT2D eigenvalue weighted by molar-refractivity contribution is 5.93. The second-order valence-corrected chi connectivity index (χ2v) is 4.13. The van der Waals surface area contributed by atoms with Gasteiger partial charge < -0.3 is 15.2 Å². The molecule has 0 fully saturated rings. The third kappa shape index (κ3) is 3.25. The van der Waals surface area contributed by atoms with Crippen LogP contribution in [0.4, 0.5) is 5.69 Å². The Morgan fingerprint density at radius 3 is 2.89 bits per heavy atom. The van der Waals surface area contributed by atoms with Gasteiger partial charge in [0.2, 0.25) is 5.91 Å². The number of ether oxygens (including phenoxy) is 1. The molecule has 6 nitrogen and oxygen atoms in total. The van der Waals surface area contributed by atoms with Gasteiger partial charge in [0.25, 0.3) is 0 Å². The molecular weight excluding hydrogens is 246 g/mol. The number of benzene rings is 1. The monoisotopic (exact) mass is 261 g/mol. The largest absolute Gasteiger partial charge is 0.506 e. The van der Waals surface area contributed by atoms with E-state index in [1.54, 1.807) is 36.3 Å². The number of carbonyl (C=O) groups excluding carboxylic acids is 1. The highest BCUT2D eigenvalue weighted by atomic mass is 16.5. The number of rotatable bonds is 4. The number of aryl methyl sites for hydroxylation is 1. The lowest BCUT2D eigenvalue weighted by atomic mass is 10.2. The van der Waals surface area contributed by atoms with Gasteiger partial charge >= 0.3 is 0 Å². The molecule has 6 heteroatoms. The highest BCUT2D eigenvalue weighted by Crippen LogP contribution is 2.27. The molecule has 1 aromatic carbocycles. The molecule has 0 saturated heterocycles. The van der Waals surface area contributed by atoms with Crippen molar-refractivity contribution in [2.45, 2.75) is 6.42 Å². The predicted octanol–water partition coefficient (Wildman–Crippen LogP) is 1.32. The summed E-state index contributed by atoms with van der Waals surface area (Å²) in [4.78, 5) is 11.8. The van der Waals surface area contributed by atoms with Crippen LogP contribution in [-0.2, 0) is 18.3 Å². The van der Waals surface area contributed by atoms with Crippen molar-refractivity contribution in [3.63, 3.8) is 0 Å². The van der Waals surface area contributed by atoms with Crippen LogP contribution in [-0.4, -0.2) is 27.9 Å². The summed E-state index contributed by atoms with van der Waals surface area (Å²) in [5.41, 5.74) is 1.17. The molecule has 0 radical (unpaired) electrons. The smallest absolute Gasteiger partial charge is 0.229 e. The van der Waals surface area contributed by atoms with Crippen molar-refractivity contribution >= 4 is 11.6 Å². The maximum atomic E-state index is 11.8. The Labute approximate surface area is 110 Å². The molecule has 0 aliphatic heterocycles. The van der Waals surface area contributed by atoms with Crippen molar-refractivity contribution in [2.75, 3.05) is 12.4 Å². The molecule has 2 rings (SSSR count). The Kier molecular flexibility index (Phi) is 3.70. The first-order valence-corrected chi connectivity index (χ1v) is 5.73. The Balaban J connectivity index is 2.02. The van der Waals surface area contributed by atoms with E-state index in [1.807, 2.05) is 0 Å². The maximum absolute atomic E-state index is 11.8. The minimum atomic E-state index is -0.214. The van der Waals surface area contributed by atoms with Crippen molar-refractivity contribution in [3.05, 3.63) is 36.2 Å². The molecule has 2 aromatic rings. The van der Waals surface area contributed by atoms with E-state index in [-0.39, 0.29) is 18.1 Å². The van der Waals surface area contributed by atoms with Gasteiger partial charge in [0.1, 0.15) is 11.5 Å². The Morgan fingerprint density at radius 1 is 1.53 bits per heavy atom. The lowest BCUT2D eigenvalue weighted by Crippen LogP contribution is -2.14. The predicted molar refractivity (Wildman–Crippen MR) is 70.2 cm³/mol. The van der Waals surface area contributed by atoms with E-state index >= 15 is 0 Å². The summed E-state index contributed by atoms with van der Waals surface area (Å²) in [6.07, 6.45) is 3.61. The van der Waals surface area contributed by atoms with Crippen LogP contribution in [0.2, 0.25) is 0 Å². The first-order chi connectivity index (χ1) is 9.08. The fourth-order valence-electron chi connectivity index (χ4n) is 1.69. The first-order valence-electron chi connectivity index (χ1n) is 5.73. The molecule has 0 spiro atoms. The lowest BCUT2D eigenvalue weighted by molar-refractivity contribution is -0.115. The van der Waals surface area contributed by atoms with Crippen molar-refractivity contribution in [1.82, 2.24) is 9.78 Å². The molecule has 0 bridgehead atoms. The van der Waals surface area contributed by atoms with E-state index in [0.717, 1.165) is 5.56 Å². The summed E-state index contributed by atoms with van der Waals surface area (Å²) in [5, 5.41) is 16.4. The van der Waals surface area contributed by atoms with Gasteiger partial charge in [0.05, 0.1) is 25.4 Å². The van der Waals surface area contributed by atoms with Gasteiger partial charge in [0, 0.05) is 19.3 Å². The number of phenolic OH excluding ortho intramolecular Hbond substituents is 1. The zero-order valence-electron chi connectivity index (χ0n) is 10.8. The van der Waals surface area contributed by atoms with Crippen LogP contribution in [0.1, 0.15) is 5.56 Å². The van der Waals surface area contributed by atoms with Crippen LogP contribution in [0.5, 0.6) is 11.5 Å². The fourth-order valence-corrected chi connectivity index (χ4v) is 1.69. The molecule has 1 aromatic heterocycles. The fraction of sp³-hybridized carbons (Fsp3) is 0.231. The van der Waals surface area contributed by atoms with Crippen molar-refractivity contribution in [2.24, 2.45) is 7.05 Å².